The van der Waals surface area contributed by atoms with Crippen LogP contribution in [-0.2, 0) is 0 Å². The van der Waals surface area contributed by atoms with Crippen LogP contribution in [0.25, 0.3) is 0 Å². The largest absolute Gasteiger partial charge is 0.337 e. The van der Waals surface area contributed by atoms with Gasteiger partial charge in [0.2, 0.25) is 0 Å². The van der Waals surface area contributed by atoms with E-state index in [2.05, 4.69) is 43.2 Å². The van der Waals surface area contributed by atoms with E-state index in [0.717, 1.165) is 6.54 Å². The zero-order valence-electron chi connectivity index (χ0n) is 12.6. The average molecular weight is 298 g/mol. The van der Waals surface area contributed by atoms with Crippen molar-refractivity contribution in [2.24, 2.45) is 0 Å². The third-order valence-electron chi connectivity index (χ3n) is 3.10. The minimum Gasteiger partial charge on any atom is -0.337 e. The molecule has 5 heteroatoms. The number of amides is 2. The first-order valence-electron chi connectivity index (χ1n) is 6.97. The highest BCUT2D eigenvalue weighted by Crippen LogP contribution is 2.19. The summed E-state index contributed by atoms with van der Waals surface area (Å²) in [5.41, 5.74) is 0.622. The van der Waals surface area contributed by atoms with Crippen LogP contribution >= 0.6 is 11.6 Å². The van der Waals surface area contributed by atoms with E-state index >= 15 is 0 Å². The summed E-state index contributed by atoms with van der Waals surface area (Å²) in [6.07, 6.45) is 0. The molecular formula is C15H24ClN3O. The Labute approximate surface area is 126 Å². The van der Waals surface area contributed by atoms with E-state index in [0.29, 0.717) is 29.3 Å². The molecule has 0 spiro atoms. The number of halogens is 1. The van der Waals surface area contributed by atoms with Crippen molar-refractivity contribution in [3.63, 3.8) is 0 Å². The maximum Gasteiger partial charge on any atom is 0.319 e. The molecule has 0 radical (unpaired) electrons. The van der Waals surface area contributed by atoms with Crippen LogP contribution in [0.4, 0.5) is 10.5 Å². The van der Waals surface area contributed by atoms with E-state index in [1.54, 1.807) is 12.1 Å². The zero-order valence-corrected chi connectivity index (χ0v) is 13.4. The van der Waals surface area contributed by atoms with Crippen molar-refractivity contribution in [3.05, 3.63) is 29.3 Å². The maximum absolute atomic E-state index is 11.8. The van der Waals surface area contributed by atoms with Gasteiger partial charge in [0.25, 0.3) is 0 Å². The van der Waals surface area contributed by atoms with Gasteiger partial charge in [0.05, 0.1) is 10.7 Å². The lowest BCUT2D eigenvalue weighted by molar-refractivity contribution is 0.176. The molecule has 112 valence electrons. The zero-order chi connectivity index (χ0) is 15.1. The van der Waals surface area contributed by atoms with Gasteiger partial charge in [-0.25, -0.2) is 4.79 Å². The standard InChI is InChI=1S/C15H24ClN3O/c1-11(2)19(12(3)4)10-9-17-15(20)18-14-8-6-5-7-13(14)16/h5-8,11-12H,9-10H2,1-4H3,(H2,17,18,20). The van der Waals surface area contributed by atoms with Crippen LogP contribution in [0.5, 0.6) is 0 Å². The van der Waals surface area contributed by atoms with Gasteiger partial charge < -0.3 is 10.6 Å². The van der Waals surface area contributed by atoms with Crippen molar-refractivity contribution in [2.75, 3.05) is 18.4 Å². The molecule has 1 aromatic carbocycles. The van der Waals surface area contributed by atoms with Crippen molar-refractivity contribution in [2.45, 2.75) is 39.8 Å². The number of nitrogens with one attached hydrogen (secondary N) is 2. The molecule has 0 saturated carbocycles. The van der Waals surface area contributed by atoms with Crippen LogP contribution in [0.2, 0.25) is 5.02 Å². The van der Waals surface area contributed by atoms with Crippen LogP contribution < -0.4 is 10.6 Å². The van der Waals surface area contributed by atoms with Gasteiger partial charge in [-0.15, -0.1) is 0 Å². The minimum absolute atomic E-state index is 0.231. The van der Waals surface area contributed by atoms with Crippen LogP contribution in [0.15, 0.2) is 24.3 Å². The fourth-order valence-electron chi connectivity index (χ4n) is 2.14. The summed E-state index contributed by atoms with van der Waals surface area (Å²) in [6, 6.07) is 7.87. The number of hydrogen-bond donors (Lipinski definition) is 2. The quantitative estimate of drug-likeness (QED) is 0.843. The third kappa shape index (κ3) is 5.39. The second kappa shape index (κ2) is 8.12. The summed E-state index contributed by atoms with van der Waals surface area (Å²) in [7, 11) is 0. The number of urea groups is 1. The fraction of sp³-hybridized carbons (Fsp3) is 0.533. The Balaban J connectivity index is 2.39. The normalized spacial score (nSPS) is 11.2. The molecule has 0 bridgehead atoms. The smallest absolute Gasteiger partial charge is 0.319 e. The van der Waals surface area contributed by atoms with Crippen molar-refractivity contribution in [1.29, 1.82) is 0 Å². The highest BCUT2D eigenvalue weighted by molar-refractivity contribution is 6.33. The van der Waals surface area contributed by atoms with Gasteiger partial charge in [0, 0.05) is 25.2 Å². The summed E-state index contributed by atoms with van der Waals surface area (Å²) in [5, 5.41) is 6.13. The Kier molecular flexibility index (Phi) is 6.82. The van der Waals surface area contributed by atoms with Crippen molar-refractivity contribution in [3.8, 4) is 0 Å². The summed E-state index contributed by atoms with van der Waals surface area (Å²) in [5.74, 6) is 0. The first-order valence-corrected chi connectivity index (χ1v) is 7.34. The Morgan fingerprint density at radius 3 is 2.35 bits per heavy atom. The minimum atomic E-state index is -0.231. The van der Waals surface area contributed by atoms with Crippen molar-refractivity contribution in [1.82, 2.24) is 10.2 Å². The van der Waals surface area contributed by atoms with Gasteiger partial charge in [-0.1, -0.05) is 23.7 Å². The fourth-order valence-corrected chi connectivity index (χ4v) is 2.32. The van der Waals surface area contributed by atoms with E-state index in [1.807, 2.05) is 12.1 Å². The predicted octanol–water partition coefficient (Wildman–Crippen LogP) is 3.58. The Hall–Kier alpha value is -1.26. The molecular weight excluding hydrogens is 274 g/mol. The number of hydrogen-bond acceptors (Lipinski definition) is 2. The van der Waals surface area contributed by atoms with Gasteiger partial charge in [0.15, 0.2) is 0 Å². The molecule has 2 amide bonds. The number of anilines is 1. The van der Waals surface area contributed by atoms with Crippen LogP contribution in [0.1, 0.15) is 27.7 Å². The monoisotopic (exact) mass is 297 g/mol. The van der Waals surface area contributed by atoms with Gasteiger partial charge in [0.1, 0.15) is 0 Å². The Morgan fingerprint density at radius 2 is 1.80 bits per heavy atom. The molecule has 4 nitrogen and oxygen atoms in total. The first kappa shape index (κ1) is 16.8. The van der Waals surface area contributed by atoms with E-state index < -0.39 is 0 Å². The third-order valence-corrected chi connectivity index (χ3v) is 3.43. The lowest BCUT2D eigenvalue weighted by atomic mass is 10.2. The maximum atomic E-state index is 11.8. The molecule has 0 saturated heterocycles. The highest BCUT2D eigenvalue weighted by atomic mass is 35.5. The molecule has 1 aromatic rings. The molecule has 0 aliphatic carbocycles. The summed E-state index contributed by atoms with van der Waals surface area (Å²) < 4.78 is 0. The predicted molar refractivity (Wildman–Crippen MR) is 85.5 cm³/mol. The highest BCUT2D eigenvalue weighted by Gasteiger charge is 2.13. The second-order valence-corrected chi connectivity index (χ2v) is 5.69. The molecule has 0 heterocycles. The van der Waals surface area contributed by atoms with Gasteiger partial charge in [-0.3, -0.25) is 4.90 Å². The van der Waals surface area contributed by atoms with Crippen LogP contribution in [0, 0.1) is 0 Å². The van der Waals surface area contributed by atoms with Crippen LogP contribution in [0.3, 0.4) is 0 Å². The average Bonchev–Trinajstić information content (AvgIpc) is 2.36. The van der Waals surface area contributed by atoms with Crippen molar-refractivity contribution >= 4 is 23.3 Å². The number of carbonyl (C=O) groups is 1. The SMILES string of the molecule is CC(C)N(CCNC(=O)Nc1ccccc1Cl)C(C)C. The van der Waals surface area contributed by atoms with E-state index in [1.165, 1.54) is 0 Å². The Morgan fingerprint density at radius 1 is 1.20 bits per heavy atom. The second-order valence-electron chi connectivity index (χ2n) is 5.29. The molecule has 0 unspecified atom stereocenters. The topological polar surface area (TPSA) is 44.4 Å². The van der Waals surface area contributed by atoms with Crippen LogP contribution in [-0.4, -0.2) is 36.1 Å². The van der Waals surface area contributed by atoms with Crippen molar-refractivity contribution < 1.29 is 4.79 Å². The van der Waals surface area contributed by atoms with E-state index in [-0.39, 0.29) is 6.03 Å². The van der Waals surface area contributed by atoms with Gasteiger partial charge in [-0.2, -0.15) is 0 Å². The summed E-state index contributed by atoms with van der Waals surface area (Å²) >= 11 is 5.99. The first-order chi connectivity index (χ1) is 9.41. The molecule has 2 N–H and O–H groups in total. The molecule has 0 aliphatic rings. The van der Waals surface area contributed by atoms with Gasteiger partial charge >= 0.3 is 6.03 Å². The van der Waals surface area contributed by atoms with E-state index in [9.17, 15) is 4.79 Å². The molecule has 20 heavy (non-hydrogen) atoms. The lowest BCUT2D eigenvalue weighted by Gasteiger charge is -2.30. The number of rotatable bonds is 6. The summed E-state index contributed by atoms with van der Waals surface area (Å²) in [6.45, 7) is 10.1. The van der Waals surface area contributed by atoms with E-state index in [4.69, 9.17) is 11.6 Å². The molecule has 0 fully saturated rings. The summed E-state index contributed by atoms with van der Waals surface area (Å²) in [4.78, 5) is 14.1. The molecule has 0 aliphatic heterocycles. The molecule has 1 rings (SSSR count). The molecule has 0 aromatic heterocycles. The lowest BCUT2D eigenvalue weighted by Crippen LogP contribution is -2.43. The number of benzene rings is 1. The number of para-hydroxylation sites is 1. The molecule has 0 atom stereocenters. The number of carbonyl (C=O) groups excluding carboxylic acids is 1. The number of nitrogens with zero attached hydrogens (tertiary/aromatic N) is 1. The van der Waals surface area contributed by atoms with Gasteiger partial charge in [-0.05, 0) is 39.8 Å². The Bertz CT molecular complexity index is 427.